The summed E-state index contributed by atoms with van der Waals surface area (Å²) < 4.78 is 0. The Bertz CT molecular complexity index is 1310. The number of hydrogen-bond acceptors (Lipinski definition) is 5. The van der Waals surface area contributed by atoms with Crippen molar-refractivity contribution >= 4 is 23.2 Å². The molecule has 0 unspecified atom stereocenters. The maximum Gasteiger partial charge on any atom is 0.262 e. The van der Waals surface area contributed by atoms with Crippen LogP contribution in [0.4, 0.5) is 5.69 Å². The first-order valence-electron chi connectivity index (χ1n) is 10.3. The Labute approximate surface area is 196 Å². The first-order valence-corrected chi connectivity index (χ1v) is 10.7. The second-order valence-electron chi connectivity index (χ2n) is 7.75. The molecule has 0 radical (unpaired) electrons. The van der Waals surface area contributed by atoms with Gasteiger partial charge >= 0.3 is 0 Å². The van der Waals surface area contributed by atoms with Crippen LogP contribution in [0.2, 0.25) is 5.28 Å². The van der Waals surface area contributed by atoms with Crippen molar-refractivity contribution in [1.29, 1.82) is 0 Å². The van der Waals surface area contributed by atoms with Crippen LogP contribution in [0.3, 0.4) is 0 Å². The van der Waals surface area contributed by atoms with Gasteiger partial charge in [-0.1, -0.05) is 42.5 Å². The van der Waals surface area contributed by atoms with E-state index in [9.17, 15) is 15.0 Å². The zero-order valence-corrected chi connectivity index (χ0v) is 18.9. The first-order chi connectivity index (χ1) is 15.8. The molecule has 0 aliphatic heterocycles. The lowest BCUT2D eigenvalue weighted by Crippen LogP contribution is -2.30. The number of halogens is 1. The summed E-state index contributed by atoms with van der Waals surface area (Å²) in [7, 11) is 0. The van der Waals surface area contributed by atoms with Crippen molar-refractivity contribution in [2.45, 2.75) is 20.4 Å². The van der Waals surface area contributed by atoms with Gasteiger partial charge in [-0.3, -0.25) is 4.79 Å². The summed E-state index contributed by atoms with van der Waals surface area (Å²) >= 11 is 5.97. The number of carbonyl (C=O) groups excluding carboxylic acids is 1. The number of nitrogens with zero attached hydrogens (tertiary/aromatic N) is 3. The van der Waals surface area contributed by atoms with Crippen LogP contribution >= 0.6 is 11.6 Å². The molecule has 0 spiro atoms. The highest BCUT2D eigenvalue weighted by Gasteiger charge is 2.22. The third kappa shape index (κ3) is 4.81. The Hall–Kier alpha value is -3.90. The topological polar surface area (TPSA) is 86.6 Å². The molecule has 0 saturated heterocycles. The molecule has 0 aliphatic rings. The Morgan fingerprint density at radius 2 is 1.64 bits per heavy atom. The molecule has 1 aromatic heterocycles. The Kier molecular flexibility index (Phi) is 6.29. The van der Waals surface area contributed by atoms with E-state index >= 15 is 0 Å². The van der Waals surface area contributed by atoms with Crippen molar-refractivity contribution in [2.75, 3.05) is 4.90 Å². The largest absolute Gasteiger partial charge is 0.508 e. The number of aromatic hydroxyl groups is 2. The van der Waals surface area contributed by atoms with Crippen molar-refractivity contribution in [3.8, 4) is 22.8 Å². The number of hydrogen-bond donors (Lipinski definition) is 2. The molecule has 4 aromatic rings. The highest BCUT2D eigenvalue weighted by Crippen LogP contribution is 2.31. The molecule has 1 amide bonds. The molecule has 1 heterocycles. The average Bonchev–Trinajstić information content (AvgIpc) is 2.82. The van der Waals surface area contributed by atoms with Gasteiger partial charge in [0.1, 0.15) is 11.5 Å². The normalized spacial score (nSPS) is 10.8. The summed E-state index contributed by atoms with van der Waals surface area (Å²) in [5, 5.41) is 20.4. The number of benzene rings is 3. The maximum absolute atomic E-state index is 13.5. The first kappa shape index (κ1) is 22.3. The number of phenols is 2. The standard InChI is InChI=1S/C26H22ClN3O3/c1-16-12-21(23(32)13-22(16)31)25(33)30(15-18-6-4-3-5-7-18)20-10-8-19(9-11-20)24-17(2)14-28-26(27)29-24/h3-14,31-32H,15H2,1-2H3. The Morgan fingerprint density at radius 3 is 2.33 bits per heavy atom. The number of carbonyl (C=O) groups is 1. The van der Waals surface area contributed by atoms with Gasteiger partial charge in [-0.25, -0.2) is 9.97 Å². The van der Waals surface area contributed by atoms with Crippen LogP contribution in [-0.2, 0) is 6.54 Å². The molecule has 2 N–H and O–H groups in total. The van der Waals surface area contributed by atoms with Crippen LogP contribution in [-0.4, -0.2) is 26.1 Å². The van der Waals surface area contributed by atoms with Crippen molar-refractivity contribution in [3.05, 3.63) is 100 Å². The average molecular weight is 460 g/mol. The minimum atomic E-state index is -0.381. The van der Waals surface area contributed by atoms with Crippen LogP contribution < -0.4 is 4.90 Å². The summed E-state index contributed by atoms with van der Waals surface area (Å²) in [5.74, 6) is -0.723. The predicted octanol–water partition coefficient (Wildman–Crippen LogP) is 5.67. The molecule has 0 aliphatic carbocycles. The molecule has 0 bridgehead atoms. The van der Waals surface area contributed by atoms with Crippen LogP contribution in [0.15, 0.2) is 72.9 Å². The molecule has 33 heavy (non-hydrogen) atoms. The minimum Gasteiger partial charge on any atom is -0.508 e. The summed E-state index contributed by atoms with van der Waals surface area (Å²) in [6, 6.07) is 19.7. The van der Waals surface area contributed by atoms with Gasteiger partial charge in [-0.05, 0) is 60.3 Å². The summed E-state index contributed by atoms with van der Waals surface area (Å²) in [6.07, 6.45) is 1.67. The van der Waals surface area contributed by atoms with Gasteiger partial charge in [0.25, 0.3) is 5.91 Å². The predicted molar refractivity (Wildman–Crippen MR) is 129 cm³/mol. The third-order valence-corrected chi connectivity index (χ3v) is 5.55. The van der Waals surface area contributed by atoms with Gasteiger partial charge in [0, 0.05) is 23.5 Å². The van der Waals surface area contributed by atoms with Crippen molar-refractivity contribution in [3.63, 3.8) is 0 Å². The highest BCUT2D eigenvalue weighted by molar-refractivity contribution is 6.28. The molecular weight excluding hydrogens is 438 g/mol. The molecule has 166 valence electrons. The second-order valence-corrected chi connectivity index (χ2v) is 8.09. The third-order valence-electron chi connectivity index (χ3n) is 5.37. The van der Waals surface area contributed by atoms with Gasteiger partial charge in [0.15, 0.2) is 0 Å². The summed E-state index contributed by atoms with van der Waals surface area (Å²) in [4.78, 5) is 23.4. The quantitative estimate of drug-likeness (QED) is 0.375. The molecule has 0 saturated carbocycles. The van der Waals surface area contributed by atoms with E-state index in [1.54, 1.807) is 18.0 Å². The number of aryl methyl sites for hydroxylation is 2. The highest BCUT2D eigenvalue weighted by atomic mass is 35.5. The van der Waals surface area contributed by atoms with Crippen molar-refractivity contribution < 1.29 is 15.0 Å². The Balaban J connectivity index is 1.74. The molecular formula is C26H22ClN3O3. The zero-order chi connectivity index (χ0) is 23.5. The van der Waals surface area contributed by atoms with E-state index in [4.69, 9.17) is 11.6 Å². The molecule has 0 fully saturated rings. The SMILES string of the molecule is Cc1cc(C(=O)N(Cc2ccccc2)c2ccc(-c3nc(Cl)ncc3C)cc2)c(O)cc1O. The fraction of sp³-hybridized carbons (Fsp3) is 0.115. The van der Waals surface area contributed by atoms with E-state index in [-0.39, 0.29) is 28.3 Å². The molecule has 0 atom stereocenters. The van der Waals surface area contributed by atoms with E-state index in [2.05, 4.69) is 9.97 Å². The molecule has 4 rings (SSSR count). The van der Waals surface area contributed by atoms with Crippen LogP contribution in [0.1, 0.15) is 27.0 Å². The minimum absolute atomic E-state index is 0.0677. The fourth-order valence-corrected chi connectivity index (χ4v) is 3.69. The lowest BCUT2D eigenvalue weighted by atomic mass is 10.0. The van der Waals surface area contributed by atoms with Gasteiger partial charge in [0.2, 0.25) is 5.28 Å². The Morgan fingerprint density at radius 1 is 0.939 bits per heavy atom. The van der Waals surface area contributed by atoms with Crippen LogP contribution in [0.25, 0.3) is 11.3 Å². The van der Waals surface area contributed by atoms with Crippen molar-refractivity contribution in [1.82, 2.24) is 9.97 Å². The number of anilines is 1. The van der Waals surface area contributed by atoms with E-state index < -0.39 is 0 Å². The van der Waals surface area contributed by atoms with Crippen LogP contribution in [0.5, 0.6) is 11.5 Å². The molecule has 6 nitrogen and oxygen atoms in total. The number of rotatable bonds is 5. The number of phenolic OH excluding ortho intramolecular Hbond substituents is 2. The second kappa shape index (κ2) is 9.30. The molecule has 3 aromatic carbocycles. The van der Waals surface area contributed by atoms with Crippen LogP contribution in [0, 0.1) is 13.8 Å². The van der Waals surface area contributed by atoms with Gasteiger partial charge in [0.05, 0.1) is 17.8 Å². The summed E-state index contributed by atoms with van der Waals surface area (Å²) in [5.41, 5.74) is 4.64. The van der Waals surface area contributed by atoms with E-state index in [1.165, 1.54) is 12.1 Å². The van der Waals surface area contributed by atoms with E-state index in [1.807, 2.05) is 61.5 Å². The number of amides is 1. The fourth-order valence-electron chi connectivity index (χ4n) is 3.56. The smallest absolute Gasteiger partial charge is 0.262 e. The van der Waals surface area contributed by atoms with E-state index in [0.717, 1.165) is 16.7 Å². The van der Waals surface area contributed by atoms with Crippen molar-refractivity contribution in [2.24, 2.45) is 0 Å². The van der Waals surface area contributed by atoms with Gasteiger partial charge < -0.3 is 15.1 Å². The maximum atomic E-state index is 13.5. The monoisotopic (exact) mass is 459 g/mol. The molecule has 7 heteroatoms. The van der Waals surface area contributed by atoms with E-state index in [0.29, 0.717) is 23.5 Å². The van der Waals surface area contributed by atoms with Gasteiger partial charge in [-0.2, -0.15) is 0 Å². The zero-order valence-electron chi connectivity index (χ0n) is 18.2. The summed E-state index contributed by atoms with van der Waals surface area (Å²) in [6.45, 7) is 3.88. The number of aromatic nitrogens is 2. The van der Waals surface area contributed by atoms with Gasteiger partial charge in [-0.15, -0.1) is 0 Å². The lowest BCUT2D eigenvalue weighted by molar-refractivity contribution is 0.0982. The lowest BCUT2D eigenvalue weighted by Gasteiger charge is -2.24.